The predicted octanol–water partition coefficient (Wildman–Crippen LogP) is 3.25. The number of urea groups is 1. The van der Waals surface area contributed by atoms with Crippen molar-refractivity contribution in [1.82, 2.24) is 4.68 Å². The van der Waals surface area contributed by atoms with Crippen molar-refractivity contribution in [3.05, 3.63) is 88.8 Å². The minimum atomic E-state index is -0.294. The van der Waals surface area contributed by atoms with Crippen molar-refractivity contribution in [1.29, 1.82) is 0 Å². The lowest BCUT2D eigenvalue weighted by Crippen LogP contribution is -2.47. The van der Waals surface area contributed by atoms with Crippen LogP contribution in [-0.2, 0) is 6.42 Å². The van der Waals surface area contributed by atoms with Gasteiger partial charge in [0.05, 0.1) is 12.8 Å². The molecule has 1 aliphatic heterocycles. The van der Waals surface area contributed by atoms with Crippen molar-refractivity contribution in [2.24, 2.45) is 5.84 Å². The van der Waals surface area contributed by atoms with Gasteiger partial charge in [-0.1, -0.05) is 30.3 Å². The average molecular weight is 441 g/mol. The number of hydrazine groups is 1. The fourth-order valence-corrected chi connectivity index (χ4v) is 4.28. The quantitative estimate of drug-likeness (QED) is 0.288. The minimum Gasteiger partial charge on any atom is -0.497 e. The van der Waals surface area contributed by atoms with Gasteiger partial charge in [0.25, 0.3) is 5.56 Å². The van der Waals surface area contributed by atoms with Gasteiger partial charge in [-0.2, -0.15) is 0 Å². The lowest BCUT2D eigenvalue weighted by atomic mass is 10.0. The molecule has 8 nitrogen and oxygen atoms in total. The molecule has 2 heterocycles. The molecular formula is C25H23N5O3. The van der Waals surface area contributed by atoms with Crippen LogP contribution in [0.1, 0.15) is 5.56 Å². The van der Waals surface area contributed by atoms with Gasteiger partial charge in [0.15, 0.2) is 0 Å². The number of carbonyl (C=O) groups is 1. The number of anilines is 2. The van der Waals surface area contributed by atoms with E-state index in [1.54, 1.807) is 42.5 Å². The maximum absolute atomic E-state index is 13.0. The Labute approximate surface area is 190 Å². The Balaban J connectivity index is 1.48. The number of fused-ring (bicyclic) bond motifs is 2. The van der Waals surface area contributed by atoms with Gasteiger partial charge in [0.1, 0.15) is 5.75 Å². The highest BCUT2D eigenvalue weighted by Crippen LogP contribution is 2.32. The van der Waals surface area contributed by atoms with Gasteiger partial charge < -0.3 is 10.6 Å². The zero-order valence-electron chi connectivity index (χ0n) is 18.1. The highest BCUT2D eigenvalue weighted by molar-refractivity contribution is 6.04. The van der Waals surface area contributed by atoms with E-state index < -0.39 is 0 Å². The molecule has 1 aromatic heterocycles. The number of pyridine rings is 1. The standard InChI is InChI=1S/C25H23N5O3/c1-33-19-10-11-20-21(14-19)22(15-29(26)24(20)31)16-6-8-18(9-7-16)30(27)25(32)28-13-12-17-4-2-3-5-23(17)28/h2-11,14-15H,12-13,26-27H2,1H3. The van der Waals surface area contributed by atoms with E-state index in [1.165, 1.54) is 0 Å². The van der Waals surface area contributed by atoms with Gasteiger partial charge in [-0.05, 0) is 53.9 Å². The molecule has 8 heteroatoms. The number of aromatic nitrogens is 1. The van der Waals surface area contributed by atoms with Gasteiger partial charge in [-0.3, -0.25) is 9.69 Å². The largest absolute Gasteiger partial charge is 0.497 e. The van der Waals surface area contributed by atoms with Crippen LogP contribution in [0.3, 0.4) is 0 Å². The number of amides is 2. The summed E-state index contributed by atoms with van der Waals surface area (Å²) in [5.74, 6) is 12.8. The molecule has 0 spiro atoms. The molecule has 0 aliphatic carbocycles. The molecule has 0 bridgehead atoms. The van der Waals surface area contributed by atoms with Crippen molar-refractivity contribution in [3.8, 4) is 16.9 Å². The number of hydrogen-bond acceptors (Lipinski definition) is 5. The third kappa shape index (κ3) is 3.46. The summed E-state index contributed by atoms with van der Waals surface area (Å²) < 4.78 is 6.40. The van der Waals surface area contributed by atoms with Gasteiger partial charge in [-0.25, -0.2) is 20.3 Å². The fourth-order valence-electron chi connectivity index (χ4n) is 4.28. The molecule has 166 valence electrons. The molecule has 0 fully saturated rings. The van der Waals surface area contributed by atoms with Crippen molar-refractivity contribution >= 4 is 28.2 Å². The third-order valence-electron chi connectivity index (χ3n) is 6.03. The molecule has 33 heavy (non-hydrogen) atoms. The second kappa shape index (κ2) is 7.99. The second-order valence-electron chi connectivity index (χ2n) is 7.90. The summed E-state index contributed by atoms with van der Waals surface area (Å²) in [6.07, 6.45) is 2.39. The van der Waals surface area contributed by atoms with Gasteiger partial charge in [0, 0.05) is 34.8 Å². The highest BCUT2D eigenvalue weighted by atomic mass is 16.5. The van der Waals surface area contributed by atoms with Crippen LogP contribution in [0.15, 0.2) is 77.7 Å². The summed E-state index contributed by atoms with van der Waals surface area (Å²) in [6, 6.07) is 20.0. The van der Waals surface area contributed by atoms with E-state index in [2.05, 4.69) is 0 Å². The van der Waals surface area contributed by atoms with Crippen LogP contribution in [0.2, 0.25) is 0 Å². The SMILES string of the molecule is COc1ccc2c(=O)n(N)cc(-c3ccc(N(N)C(=O)N4CCc5ccccc54)cc3)c2c1. The van der Waals surface area contributed by atoms with Crippen LogP contribution in [0.4, 0.5) is 16.2 Å². The Bertz CT molecular complexity index is 1430. The predicted molar refractivity (Wildman–Crippen MR) is 130 cm³/mol. The first-order chi connectivity index (χ1) is 16.0. The maximum Gasteiger partial charge on any atom is 0.343 e. The maximum atomic E-state index is 13.0. The van der Waals surface area contributed by atoms with Gasteiger partial charge >= 0.3 is 6.03 Å². The van der Waals surface area contributed by atoms with Crippen molar-refractivity contribution in [2.45, 2.75) is 6.42 Å². The van der Waals surface area contributed by atoms with E-state index in [4.69, 9.17) is 16.4 Å². The molecule has 0 saturated carbocycles. The normalized spacial score (nSPS) is 12.6. The van der Waals surface area contributed by atoms with E-state index in [9.17, 15) is 9.59 Å². The smallest absolute Gasteiger partial charge is 0.343 e. The average Bonchev–Trinajstić information content (AvgIpc) is 3.29. The van der Waals surface area contributed by atoms with Gasteiger partial charge in [-0.15, -0.1) is 0 Å². The molecule has 2 amide bonds. The highest BCUT2D eigenvalue weighted by Gasteiger charge is 2.27. The molecule has 0 radical (unpaired) electrons. The Morgan fingerprint density at radius 1 is 1.03 bits per heavy atom. The van der Waals surface area contributed by atoms with E-state index >= 15 is 0 Å². The van der Waals surface area contributed by atoms with Crippen molar-refractivity contribution in [2.75, 3.05) is 29.4 Å². The first-order valence-electron chi connectivity index (χ1n) is 10.5. The zero-order chi connectivity index (χ0) is 23.1. The Hall–Kier alpha value is -4.30. The molecule has 0 atom stereocenters. The molecular weight excluding hydrogens is 418 g/mol. The summed E-state index contributed by atoms with van der Waals surface area (Å²) in [7, 11) is 1.57. The van der Waals surface area contributed by atoms with E-state index in [0.717, 1.165) is 43.9 Å². The van der Waals surface area contributed by atoms with Crippen LogP contribution in [0.5, 0.6) is 5.75 Å². The lowest BCUT2D eigenvalue weighted by molar-refractivity contribution is 0.252. The third-order valence-corrected chi connectivity index (χ3v) is 6.03. The number of methoxy groups -OCH3 is 1. The molecule has 0 unspecified atom stereocenters. The van der Waals surface area contributed by atoms with E-state index in [-0.39, 0.29) is 11.6 Å². The van der Waals surface area contributed by atoms with E-state index in [1.807, 2.05) is 42.5 Å². The van der Waals surface area contributed by atoms with Crippen LogP contribution in [0.25, 0.3) is 21.9 Å². The topological polar surface area (TPSA) is 107 Å². The Morgan fingerprint density at radius 3 is 2.55 bits per heavy atom. The van der Waals surface area contributed by atoms with Crippen LogP contribution in [0, 0.1) is 0 Å². The van der Waals surface area contributed by atoms with Crippen molar-refractivity contribution < 1.29 is 9.53 Å². The minimum absolute atomic E-state index is 0.293. The Morgan fingerprint density at radius 2 is 1.79 bits per heavy atom. The first-order valence-corrected chi connectivity index (χ1v) is 10.5. The van der Waals surface area contributed by atoms with Crippen LogP contribution in [-0.4, -0.2) is 24.4 Å². The number of benzene rings is 3. The number of nitrogens with zero attached hydrogens (tertiary/aromatic N) is 3. The number of nitrogens with two attached hydrogens (primary N) is 2. The summed E-state index contributed by atoms with van der Waals surface area (Å²) in [5.41, 5.74) is 3.87. The molecule has 5 rings (SSSR count). The fraction of sp³-hybridized carbons (Fsp3) is 0.120. The number of hydrogen-bond donors (Lipinski definition) is 2. The zero-order valence-corrected chi connectivity index (χ0v) is 18.1. The second-order valence-corrected chi connectivity index (χ2v) is 7.90. The first kappa shape index (κ1) is 20.6. The molecule has 1 aliphatic rings. The van der Waals surface area contributed by atoms with Gasteiger partial charge in [0.2, 0.25) is 0 Å². The molecule has 3 aromatic carbocycles. The van der Waals surface area contributed by atoms with Crippen LogP contribution >= 0.6 is 0 Å². The number of carbonyl (C=O) groups excluding carboxylic acids is 1. The number of para-hydroxylation sites is 1. The van der Waals surface area contributed by atoms with Crippen LogP contribution < -0.4 is 31.9 Å². The Kier molecular flexibility index (Phi) is 4.99. The summed E-state index contributed by atoms with van der Waals surface area (Å²) in [4.78, 5) is 27.2. The summed E-state index contributed by atoms with van der Waals surface area (Å²) in [5, 5.41) is 2.36. The molecule has 4 aromatic rings. The summed E-state index contributed by atoms with van der Waals surface area (Å²) in [6.45, 7) is 0.593. The van der Waals surface area contributed by atoms with E-state index in [0.29, 0.717) is 23.4 Å². The lowest BCUT2D eigenvalue weighted by Gasteiger charge is -2.24. The molecule has 4 N–H and O–H groups in total. The number of nitrogen functional groups attached to an aromatic ring is 1. The molecule has 0 saturated heterocycles. The van der Waals surface area contributed by atoms with Crippen molar-refractivity contribution in [3.63, 3.8) is 0 Å². The monoisotopic (exact) mass is 441 g/mol. The number of ether oxygens (including phenoxy) is 1. The number of rotatable bonds is 3. The summed E-state index contributed by atoms with van der Waals surface area (Å²) >= 11 is 0.